The van der Waals surface area contributed by atoms with Crippen molar-refractivity contribution in [2.75, 3.05) is 31.1 Å². The third kappa shape index (κ3) is 5.68. The van der Waals surface area contributed by atoms with Crippen LogP contribution in [0.3, 0.4) is 0 Å². The van der Waals surface area contributed by atoms with Crippen LogP contribution in [0, 0.1) is 12.7 Å². The predicted octanol–water partition coefficient (Wildman–Crippen LogP) is 4.87. The number of hydrogen-bond acceptors (Lipinski definition) is 7. The topological polar surface area (TPSA) is 61.2 Å². The number of pyridine rings is 1. The van der Waals surface area contributed by atoms with E-state index in [1.54, 1.807) is 24.4 Å². The highest BCUT2D eigenvalue weighted by molar-refractivity contribution is 8.26. The minimum Gasteiger partial charge on any atom is -0.353 e. The molecular weight excluding hydrogens is 558 g/mol. The number of amides is 1. The van der Waals surface area contributed by atoms with E-state index in [2.05, 4.69) is 34.1 Å². The average Bonchev–Trinajstić information content (AvgIpc) is 3.24. The van der Waals surface area contributed by atoms with E-state index >= 15 is 0 Å². The predicted molar refractivity (Wildman–Crippen MR) is 165 cm³/mol. The van der Waals surface area contributed by atoms with Gasteiger partial charge in [0.1, 0.15) is 21.6 Å². The lowest BCUT2D eigenvalue weighted by atomic mass is 10.1. The second-order valence-corrected chi connectivity index (χ2v) is 11.9. The Morgan fingerprint density at radius 3 is 2.37 bits per heavy atom. The molecular formula is C31H28FN5O2S2. The number of aromatic nitrogens is 2. The molecule has 0 bridgehead atoms. The van der Waals surface area contributed by atoms with Crippen molar-refractivity contribution in [1.82, 2.24) is 19.2 Å². The molecule has 2 aliphatic rings. The molecule has 0 N–H and O–H groups in total. The molecule has 10 heteroatoms. The highest BCUT2D eigenvalue weighted by Crippen LogP contribution is 2.34. The lowest BCUT2D eigenvalue weighted by molar-refractivity contribution is -0.122. The van der Waals surface area contributed by atoms with Gasteiger partial charge in [-0.2, -0.15) is 0 Å². The van der Waals surface area contributed by atoms with Gasteiger partial charge in [0.05, 0.1) is 17.0 Å². The minimum absolute atomic E-state index is 0.229. The van der Waals surface area contributed by atoms with Gasteiger partial charge in [-0.1, -0.05) is 72.5 Å². The zero-order valence-corrected chi connectivity index (χ0v) is 24.1. The minimum atomic E-state index is -0.341. The molecule has 4 heterocycles. The molecule has 208 valence electrons. The summed E-state index contributed by atoms with van der Waals surface area (Å²) in [5.41, 5.74) is 3.66. The largest absolute Gasteiger partial charge is 0.353 e. The molecule has 0 unspecified atom stereocenters. The second-order valence-electron chi connectivity index (χ2n) is 10.2. The van der Waals surface area contributed by atoms with Crippen LogP contribution >= 0.6 is 24.0 Å². The summed E-state index contributed by atoms with van der Waals surface area (Å²) in [5.74, 6) is -0.0452. The number of anilines is 1. The molecule has 1 amide bonds. The average molecular weight is 586 g/mol. The summed E-state index contributed by atoms with van der Waals surface area (Å²) in [6.07, 6.45) is 3.34. The van der Waals surface area contributed by atoms with Gasteiger partial charge in [-0.3, -0.25) is 23.8 Å². The molecule has 2 fully saturated rings. The van der Waals surface area contributed by atoms with Crippen LogP contribution in [0.4, 0.5) is 10.2 Å². The van der Waals surface area contributed by atoms with Crippen molar-refractivity contribution in [1.29, 1.82) is 0 Å². The molecule has 7 nitrogen and oxygen atoms in total. The number of fused-ring (bicyclic) bond motifs is 1. The van der Waals surface area contributed by atoms with Crippen LogP contribution in [0.15, 0.2) is 82.6 Å². The first kappa shape index (κ1) is 27.3. The SMILES string of the molecule is Cc1cccn2c(=O)c(/C=C3/SC(=S)N(Cc4ccc(F)cc4)C3=O)c(N3CCN(Cc4ccccc4)CC3)nc12. The highest BCUT2D eigenvalue weighted by atomic mass is 32.2. The third-order valence-corrected chi connectivity index (χ3v) is 8.77. The maximum absolute atomic E-state index is 13.9. The van der Waals surface area contributed by atoms with Crippen LogP contribution in [0.5, 0.6) is 0 Å². The van der Waals surface area contributed by atoms with E-state index in [0.29, 0.717) is 39.3 Å². The summed E-state index contributed by atoms with van der Waals surface area (Å²) in [6.45, 7) is 6.08. The van der Waals surface area contributed by atoms with Crippen molar-refractivity contribution in [2.45, 2.75) is 20.0 Å². The number of carbonyl (C=O) groups is 1. The van der Waals surface area contributed by atoms with E-state index < -0.39 is 0 Å². The molecule has 6 rings (SSSR count). The molecule has 0 atom stereocenters. The Morgan fingerprint density at radius 2 is 1.63 bits per heavy atom. The second kappa shape index (κ2) is 11.6. The number of piperazine rings is 1. The monoisotopic (exact) mass is 585 g/mol. The molecule has 0 radical (unpaired) electrons. The van der Waals surface area contributed by atoms with Crippen molar-refractivity contribution in [3.63, 3.8) is 0 Å². The van der Waals surface area contributed by atoms with Crippen molar-refractivity contribution in [2.24, 2.45) is 0 Å². The van der Waals surface area contributed by atoms with Gasteiger partial charge in [0, 0.05) is 38.9 Å². The van der Waals surface area contributed by atoms with Gasteiger partial charge < -0.3 is 4.90 Å². The Kier molecular flexibility index (Phi) is 7.70. The van der Waals surface area contributed by atoms with Crippen molar-refractivity contribution >= 4 is 51.7 Å². The van der Waals surface area contributed by atoms with E-state index in [1.165, 1.54) is 38.8 Å². The van der Waals surface area contributed by atoms with Crippen LogP contribution in [0.1, 0.15) is 22.3 Å². The summed E-state index contributed by atoms with van der Waals surface area (Å²) in [6, 6.07) is 20.1. The quantitative estimate of drug-likeness (QED) is 0.237. The fraction of sp³-hybridized carbons (Fsp3) is 0.226. The molecule has 4 aromatic rings. The summed E-state index contributed by atoms with van der Waals surface area (Å²) in [7, 11) is 0. The van der Waals surface area contributed by atoms with Crippen molar-refractivity contribution in [3.8, 4) is 0 Å². The van der Waals surface area contributed by atoms with E-state index in [1.807, 2.05) is 25.1 Å². The summed E-state index contributed by atoms with van der Waals surface area (Å²) in [5, 5.41) is 0. The molecule has 41 heavy (non-hydrogen) atoms. The van der Waals surface area contributed by atoms with Gasteiger partial charge in [-0.05, 0) is 47.9 Å². The summed E-state index contributed by atoms with van der Waals surface area (Å²) >= 11 is 6.69. The molecule has 0 aliphatic carbocycles. The Morgan fingerprint density at radius 1 is 0.927 bits per heavy atom. The van der Waals surface area contributed by atoms with Gasteiger partial charge in [-0.15, -0.1) is 0 Å². The van der Waals surface area contributed by atoms with Crippen LogP contribution in [-0.4, -0.2) is 55.6 Å². The number of rotatable bonds is 6. The van der Waals surface area contributed by atoms with Gasteiger partial charge in [-0.25, -0.2) is 9.37 Å². The molecule has 2 aliphatic heterocycles. The molecule has 2 aromatic heterocycles. The van der Waals surface area contributed by atoms with Crippen LogP contribution < -0.4 is 10.5 Å². The van der Waals surface area contributed by atoms with E-state index in [4.69, 9.17) is 17.2 Å². The summed E-state index contributed by atoms with van der Waals surface area (Å²) < 4.78 is 15.3. The highest BCUT2D eigenvalue weighted by Gasteiger charge is 2.33. The molecule has 0 spiro atoms. The van der Waals surface area contributed by atoms with Gasteiger partial charge in [0.25, 0.3) is 11.5 Å². The Hall–Kier alpha value is -3.86. The maximum Gasteiger partial charge on any atom is 0.267 e. The Balaban J connectivity index is 1.32. The number of benzene rings is 2. The molecule has 2 saturated heterocycles. The number of aryl methyl sites for hydroxylation is 1. The zero-order valence-electron chi connectivity index (χ0n) is 22.5. The number of carbonyl (C=O) groups excluding carboxylic acids is 1. The number of thioether (sulfide) groups is 1. The van der Waals surface area contributed by atoms with Crippen LogP contribution in [-0.2, 0) is 17.9 Å². The van der Waals surface area contributed by atoms with E-state index in [0.717, 1.165) is 30.8 Å². The first-order valence-electron chi connectivity index (χ1n) is 13.4. The lowest BCUT2D eigenvalue weighted by Crippen LogP contribution is -2.47. The smallest absolute Gasteiger partial charge is 0.267 e. The first-order valence-corrected chi connectivity index (χ1v) is 14.6. The van der Waals surface area contributed by atoms with E-state index in [-0.39, 0.29) is 23.8 Å². The number of hydrogen-bond donors (Lipinski definition) is 0. The zero-order chi connectivity index (χ0) is 28.5. The molecule has 2 aromatic carbocycles. The van der Waals surface area contributed by atoms with Crippen LogP contribution in [0.2, 0.25) is 0 Å². The van der Waals surface area contributed by atoms with Gasteiger partial charge in [0.15, 0.2) is 0 Å². The van der Waals surface area contributed by atoms with E-state index in [9.17, 15) is 14.0 Å². The lowest BCUT2D eigenvalue weighted by Gasteiger charge is -2.36. The van der Waals surface area contributed by atoms with Crippen molar-refractivity contribution < 1.29 is 9.18 Å². The Bertz CT molecular complexity index is 1710. The maximum atomic E-state index is 13.9. The fourth-order valence-corrected chi connectivity index (χ4v) is 6.40. The van der Waals surface area contributed by atoms with Crippen molar-refractivity contribution in [3.05, 3.63) is 116 Å². The molecule has 0 saturated carbocycles. The third-order valence-electron chi connectivity index (χ3n) is 7.39. The van der Waals surface area contributed by atoms with Crippen LogP contribution in [0.25, 0.3) is 11.7 Å². The normalized spacial score (nSPS) is 17.3. The Labute approximate surface area is 246 Å². The summed E-state index contributed by atoms with van der Waals surface area (Å²) in [4.78, 5) is 38.7. The fourth-order valence-electron chi connectivity index (χ4n) is 5.17. The number of thiocarbonyl (C=S) groups is 1. The number of nitrogens with zero attached hydrogens (tertiary/aromatic N) is 5. The van der Waals surface area contributed by atoms with Gasteiger partial charge >= 0.3 is 0 Å². The first-order chi connectivity index (χ1) is 19.9. The standard InChI is InChI=1S/C31H28FN5O2S2/c1-21-6-5-13-36-27(21)33-28(35-16-14-34(15-17-35)19-22-7-3-2-4-8-22)25(29(36)38)18-26-30(39)37(31(40)41-26)20-23-9-11-24(32)12-10-23/h2-13,18H,14-17,19-20H2,1H3/b26-18+. The van der Waals surface area contributed by atoms with Gasteiger partial charge in [0.2, 0.25) is 0 Å². The number of halogens is 1.